The van der Waals surface area contributed by atoms with Gasteiger partial charge in [0.05, 0.1) is 10.5 Å². The van der Waals surface area contributed by atoms with Crippen molar-refractivity contribution in [3.05, 3.63) is 58.4 Å². The maximum Gasteiger partial charge on any atom is 0.263 e. The fourth-order valence-corrected chi connectivity index (χ4v) is 5.86. The van der Waals surface area contributed by atoms with Crippen LogP contribution in [-0.4, -0.2) is 42.1 Å². The van der Waals surface area contributed by atoms with Crippen LogP contribution >= 0.6 is 22.9 Å². The van der Waals surface area contributed by atoms with Gasteiger partial charge in [0.15, 0.2) is 0 Å². The van der Waals surface area contributed by atoms with Crippen molar-refractivity contribution < 1.29 is 4.79 Å². The Labute approximate surface area is 202 Å². The molecule has 1 saturated carbocycles. The summed E-state index contributed by atoms with van der Waals surface area (Å²) in [7, 11) is 3.99. The van der Waals surface area contributed by atoms with Crippen LogP contribution in [-0.2, 0) is 0 Å². The van der Waals surface area contributed by atoms with Crippen LogP contribution in [0.2, 0.25) is 5.02 Å². The fraction of sp³-hybridized carbons (Fsp3) is 0.320. The normalized spacial score (nSPS) is 18.4. The lowest BCUT2D eigenvalue weighted by molar-refractivity contribution is 0.0931. The molecule has 170 valence electrons. The Balaban J connectivity index is 1.22. The highest BCUT2D eigenvalue weighted by molar-refractivity contribution is 7.21. The molecule has 4 aromatic rings. The van der Waals surface area contributed by atoms with Crippen LogP contribution in [0, 0.1) is 0 Å². The summed E-state index contributed by atoms with van der Waals surface area (Å²) in [6, 6.07) is 16.3. The molecule has 0 saturated heterocycles. The third-order valence-electron chi connectivity index (χ3n) is 6.14. The van der Waals surface area contributed by atoms with Gasteiger partial charge in [-0.2, -0.15) is 4.98 Å². The van der Waals surface area contributed by atoms with E-state index < -0.39 is 0 Å². The first-order valence-corrected chi connectivity index (χ1v) is 12.4. The summed E-state index contributed by atoms with van der Waals surface area (Å²) in [4.78, 5) is 25.0. The molecule has 2 aromatic carbocycles. The van der Waals surface area contributed by atoms with Crippen LogP contribution in [0.15, 0.2) is 48.5 Å². The molecule has 0 atom stereocenters. The van der Waals surface area contributed by atoms with Gasteiger partial charge in [0, 0.05) is 41.7 Å². The molecule has 0 aliphatic heterocycles. The molecule has 2 N–H and O–H groups in total. The van der Waals surface area contributed by atoms with Crippen LogP contribution in [0.1, 0.15) is 35.4 Å². The Bertz CT molecular complexity index is 1310. The Kier molecular flexibility index (Phi) is 6.08. The minimum Gasteiger partial charge on any atom is -0.362 e. The summed E-state index contributed by atoms with van der Waals surface area (Å²) in [5, 5.41) is 9.24. The van der Waals surface area contributed by atoms with E-state index in [2.05, 4.69) is 10.6 Å². The second-order valence-electron chi connectivity index (χ2n) is 8.69. The van der Waals surface area contributed by atoms with E-state index in [1.165, 1.54) is 11.3 Å². The zero-order valence-corrected chi connectivity index (χ0v) is 20.2. The lowest BCUT2D eigenvalue weighted by Gasteiger charge is -2.30. The number of para-hydroxylation sites is 1. The number of carbonyl (C=O) groups excluding carboxylic acids is 1. The average Bonchev–Trinajstić information content (AvgIpc) is 3.16. The first-order chi connectivity index (χ1) is 16.0. The van der Waals surface area contributed by atoms with Crippen LogP contribution < -0.4 is 15.5 Å². The summed E-state index contributed by atoms with van der Waals surface area (Å²) in [6.07, 6.45) is 3.69. The van der Waals surface area contributed by atoms with Crippen molar-refractivity contribution in [3.63, 3.8) is 0 Å². The standard InChI is InChI=1S/C25H26ClN5OS/c1-31(2)23-17-7-3-5-9-19(17)29-25(30-23)28-16-13-11-15(12-14-16)27-24(32)22-21(26)18-8-4-6-10-20(18)33-22/h3-10,15-16H,11-14H2,1-2H3,(H,27,32)(H,28,29,30). The lowest BCUT2D eigenvalue weighted by Crippen LogP contribution is -2.40. The number of aromatic nitrogens is 2. The van der Waals surface area contributed by atoms with Crippen molar-refractivity contribution in [2.45, 2.75) is 37.8 Å². The Morgan fingerprint density at radius 3 is 2.36 bits per heavy atom. The van der Waals surface area contributed by atoms with Crippen LogP contribution in [0.4, 0.5) is 11.8 Å². The highest BCUT2D eigenvalue weighted by atomic mass is 35.5. The van der Waals surface area contributed by atoms with E-state index in [0.717, 1.165) is 52.5 Å². The van der Waals surface area contributed by atoms with Gasteiger partial charge in [-0.15, -0.1) is 11.3 Å². The second-order valence-corrected chi connectivity index (χ2v) is 10.1. The van der Waals surface area contributed by atoms with Crippen molar-refractivity contribution in [1.29, 1.82) is 0 Å². The number of fused-ring (bicyclic) bond motifs is 2. The van der Waals surface area contributed by atoms with Gasteiger partial charge in [0.25, 0.3) is 5.91 Å². The summed E-state index contributed by atoms with van der Waals surface area (Å²) in [5.74, 6) is 1.48. The van der Waals surface area contributed by atoms with Gasteiger partial charge >= 0.3 is 0 Å². The first-order valence-electron chi connectivity index (χ1n) is 11.2. The molecule has 0 radical (unpaired) electrons. The van der Waals surface area contributed by atoms with E-state index in [4.69, 9.17) is 21.6 Å². The van der Waals surface area contributed by atoms with E-state index >= 15 is 0 Å². The van der Waals surface area contributed by atoms with Crippen molar-refractivity contribution in [1.82, 2.24) is 15.3 Å². The number of anilines is 2. The zero-order chi connectivity index (χ0) is 22.9. The highest BCUT2D eigenvalue weighted by Crippen LogP contribution is 2.35. The van der Waals surface area contributed by atoms with Gasteiger partial charge in [-0.1, -0.05) is 41.9 Å². The first kappa shape index (κ1) is 21.9. The number of hydrogen-bond acceptors (Lipinski definition) is 6. The third kappa shape index (κ3) is 4.48. The predicted octanol–water partition coefficient (Wildman–Crippen LogP) is 5.72. The predicted molar refractivity (Wildman–Crippen MR) is 138 cm³/mol. The third-order valence-corrected chi connectivity index (χ3v) is 7.82. The molecular weight excluding hydrogens is 454 g/mol. The van der Waals surface area contributed by atoms with Gasteiger partial charge < -0.3 is 15.5 Å². The van der Waals surface area contributed by atoms with Crippen molar-refractivity contribution in [2.75, 3.05) is 24.3 Å². The van der Waals surface area contributed by atoms with Gasteiger partial charge in [0.1, 0.15) is 10.7 Å². The molecule has 8 heteroatoms. The number of amides is 1. The molecule has 1 aliphatic carbocycles. The monoisotopic (exact) mass is 479 g/mol. The van der Waals surface area contributed by atoms with E-state index in [1.807, 2.05) is 67.5 Å². The number of carbonyl (C=O) groups is 1. The molecule has 1 fully saturated rings. The number of halogens is 1. The molecule has 2 heterocycles. The van der Waals surface area contributed by atoms with Gasteiger partial charge in [0.2, 0.25) is 5.95 Å². The van der Waals surface area contributed by atoms with Gasteiger partial charge in [-0.25, -0.2) is 4.98 Å². The molecule has 6 nitrogen and oxygen atoms in total. The summed E-state index contributed by atoms with van der Waals surface area (Å²) < 4.78 is 1.04. The molecule has 1 amide bonds. The molecule has 0 bridgehead atoms. The van der Waals surface area contributed by atoms with Crippen molar-refractivity contribution in [3.8, 4) is 0 Å². The van der Waals surface area contributed by atoms with Crippen molar-refractivity contribution in [2.24, 2.45) is 0 Å². The smallest absolute Gasteiger partial charge is 0.263 e. The molecule has 2 aromatic heterocycles. The second kappa shape index (κ2) is 9.15. The van der Waals surface area contributed by atoms with Crippen LogP contribution in [0.3, 0.4) is 0 Å². The Hall–Kier alpha value is -2.90. The number of benzene rings is 2. The van der Waals surface area contributed by atoms with E-state index in [0.29, 0.717) is 15.8 Å². The van der Waals surface area contributed by atoms with Crippen LogP contribution in [0.5, 0.6) is 0 Å². The molecule has 1 aliphatic rings. The summed E-state index contributed by atoms with van der Waals surface area (Å²) in [6.45, 7) is 0. The molecule has 0 spiro atoms. The molecule has 5 rings (SSSR count). The van der Waals surface area contributed by atoms with Gasteiger partial charge in [-0.3, -0.25) is 4.79 Å². The maximum absolute atomic E-state index is 12.9. The zero-order valence-electron chi connectivity index (χ0n) is 18.6. The van der Waals surface area contributed by atoms with E-state index in [-0.39, 0.29) is 18.0 Å². The number of thiophene rings is 1. The SMILES string of the molecule is CN(C)c1nc(NC2CCC(NC(=O)c3sc4ccccc4c3Cl)CC2)nc2ccccc12. The van der Waals surface area contributed by atoms with E-state index in [1.54, 1.807) is 0 Å². The molecular formula is C25H26ClN5OS. The molecule has 0 unspecified atom stereocenters. The number of rotatable bonds is 5. The quantitative estimate of drug-likeness (QED) is 0.383. The Morgan fingerprint density at radius 1 is 0.970 bits per heavy atom. The summed E-state index contributed by atoms with van der Waals surface area (Å²) in [5.41, 5.74) is 0.930. The fourth-order valence-electron chi connectivity index (χ4n) is 4.44. The lowest BCUT2D eigenvalue weighted by atomic mass is 9.91. The topological polar surface area (TPSA) is 70.2 Å². The average molecular weight is 480 g/mol. The number of nitrogens with zero attached hydrogens (tertiary/aromatic N) is 3. The highest BCUT2D eigenvalue weighted by Gasteiger charge is 2.25. The number of hydrogen-bond donors (Lipinski definition) is 2. The Morgan fingerprint density at radius 2 is 1.64 bits per heavy atom. The van der Waals surface area contributed by atoms with Crippen LogP contribution in [0.25, 0.3) is 21.0 Å². The maximum atomic E-state index is 12.9. The largest absolute Gasteiger partial charge is 0.362 e. The summed E-state index contributed by atoms with van der Waals surface area (Å²) >= 11 is 7.93. The molecule has 33 heavy (non-hydrogen) atoms. The van der Waals surface area contributed by atoms with Crippen molar-refractivity contribution >= 4 is 61.6 Å². The van der Waals surface area contributed by atoms with E-state index in [9.17, 15) is 4.79 Å². The minimum absolute atomic E-state index is 0.0777. The minimum atomic E-state index is -0.0777. The van der Waals surface area contributed by atoms with Gasteiger partial charge in [-0.05, 0) is 43.9 Å². The number of nitrogens with one attached hydrogen (secondary N) is 2.